The van der Waals surface area contributed by atoms with E-state index in [0.29, 0.717) is 51.5 Å². The van der Waals surface area contributed by atoms with Crippen molar-refractivity contribution in [2.45, 2.75) is 58.8 Å². The fourth-order valence-electron chi connectivity index (χ4n) is 9.03. The monoisotopic (exact) mass is 815 g/mol. The summed E-state index contributed by atoms with van der Waals surface area (Å²) in [7, 11) is 0. The van der Waals surface area contributed by atoms with Gasteiger partial charge in [0.2, 0.25) is 11.9 Å². The number of hydrogen-bond donors (Lipinski definition) is 3. The molecule has 2 amide bonds. The van der Waals surface area contributed by atoms with Gasteiger partial charge in [-0.15, -0.1) is 0 Å². The lowest BCUT2D eigenvalue weighted by molar-refractivity contribution is -0.139. The largest absolute Gasteiger partial charge is 0.508 e. The molecule has 4 N–H and O–H groups in total. The molecule has 0 radical (unpaired) electrons. The first-order chi connectivity index (χ1) is 29.1. The van der Waals surface area contributed by atoms with Gasteiger partial charge in [-0.25, -0.2) is 19.5 Å². The molecule has 3 aromatic heterocycles. The van der Waals surface area contributed by atoms with Crippen molar-refractivity contribution >= 4 is 29.1 Å². The van der Waals surface area contributed by atoms with Crippen LogP contribution in [-0.4, -0.2) is 132 Å². The van der Waals surface area contributed by atoms with E-state index in [2.05, 4.69) is 47.8 Å². The number of hydrogen-bond acceptors (Lipinski definition) is 13. The Morgan fingerprint density at radius 1 is 0.833 bits per heavy atom. The number of nitrogens with zero attached hydrogens (tertiary/aromatic N) is 10. The highest BCUT2D eigenvalue weighted by molar-refractivity contribution is 5.97. The molecule has 5 aromatic rings. The van der Waals surface area contributed by atoms with Crippen molar-refractivity contribution in [3.05, 3.63) is 88.5 Å². The Morgan fingerprint density at radius 2 is 1.55 bits per heavy atom. The standard InChI is InChI=1S/C44H53N11O5/c1-28(2)35-18-36(40(57)20-39(35)56)43(59)54-24-31-4-3-29(17-32(31)25-54)23-50-7-5-30(6-8-50)42(58)53-11-9-51(10-12-53)26-34-27-55-41(48-34)38(52-13-15-60-16-14-52)19-37(49-55)33-21-46-44(45)47-22-33/h3-4,17-22,27-28,30,56-57H,5-16,23-26H2,1-2H3,(H2,45,46,47). The lowest BCUT2D eigenvalue weighted by atomic mass is 9.94. The quantitative estimate of drug-likeness (QED) is 0.195. The van der Waals surface area contributed by atoms with E-state index in [-0.39, 0.29) is 46.7 Å². The number of fused-ring (bicyclic) bond motifs is 2. The zero-order chi connectivity index (χ0) is 41.5. The fourth-order valence-corrected chi connectivity index (χ4v) is 9.03. The van der Waals surface area contributed by atoms with Crippen LogP contribution in [0.5, 0.6) is 11.5 Å². The Labute approximate surface area is 349 Å². The minimum atomic E-state index is -0.246. The predicted molar refractivity (Wildman–Crippen MR) is 225 cm³/mol. The number of phenolic OH excluding ortho intramolecular Hbond substituents is 2. The Balaban J connectivity index is 0.766. The van der Waals surface area contributed by atoms with Gasteiger partial charge in [-0.05, 0) is 66.2 Å². The zero-order valence-corrected chi connectivity index (χ0v) is 34.3. The van der Waals surface area contributed by atoms with Crippen LogP contribution >= 0.6 is 0 Å². The van der Waals surface area contributed by atoms with E-state index < -0.39 is 0 Å². The average Bonchev–Trinajstić information content (AvgIpc) is 3.88. The van der Waals surface area contributed by atoms with Crippen molar-refractivity contribution in [1.82, 2.24) is 44.2 Å². The molecule has 9 rings (SSSR count). The molecule has 314 valence electrons. The van der Waals surface area contributed by atoms with Crippen LogP contribution in [0, 0.1) is 5.92 Å². The summed E-state index contributed by atoms with van der Waals surface area (Å²) >= 11 is 0. The van der Waals surface area contributed by atoms with Gasteiger partial charge in [0.1, 0.15) is 11.5 Å². The zero-order valence-electron chi connectivity index (χ0n) is 34.3. The van der Waals surface area contributed by atoms with Gasteiger partial charge in [-0.2, -0.15) is 5.10 Å². The number of piperazine rings is 1. The highest BCUT2D eigenvalue weighted by atomic mass is 16.5. The number of benzene rings is 2. The Bertz CT molecular complexity index is 2380. The molecule has 7 heterocycles. The predicted octanol–water partition coefficient (Wildman–Crippen LogP) is 3.85. The number of nitrogen functional groups attached to an aromatic ring is 1. The molecule has 0 aliphatic carbocycles. The van der Waals surface area contributed by atoms with E-state index in [9.17, 15) is 19.8 Å². The number of phenols is 2. The van der Waals surface area contributed by atoms with Crippen molar-refractivity contribution in [2.24, 2.45) is 5.92 Å². The van der Waals surface area contributed by atoms with Crippen molar-refractivity contribution < 1.29 is 24.5 Å². The van der Waals surface area contributed by atoms with Crippen LogP contribution in [-0.2, 0) is 35.7 Å². The van der Waals surface area contributed by atoms with Crippen LogP contribution < -0.4 is 10.6 Å². The maximum Gasteiger partial charge on any atom is 0.258 e. The lowest BCUT2D eigenvalue weighted by Gasteiger charge is -2.38. The second-order valence-corrected chi connectivity index (χ2v) is 16.8. The molecule has 0 spiro atoms. The second kappa shape index (κ2) is 16.7. The van der Waals surface area contributed by atoms with Crippen molar-refractivity contribution in [2.75, 3.05) is 76.2 Å². The molecule has 16 heteroatoms. The number of aromatic hydroxyl groups is 2. The van der Waals surface area contributed by atoms with Crippen molar-refractivity contribution in [3.63, 3.8) is 0 Å². The number of carbonyl (C=O) groups is 2. The molecule has 0 unspecified atom stereocenters. The molecular formula is C44H53N11O5. The van der Waals surface area contributed by atoms with Crippen LogP contribution in [0.4, 0.5) is 11.6 Å². The molecule has 2 aromatic carbocycles. The van der Waals surface area contributed by atoms with Crippen LogP contribution in [0.2, 0.25) is 0 Å². The maximum atomic E-state index is 13.7. The summed E-state index contributed by atoms with van der Waals surface area (Å²) in [5.41, 5.74) is 14.2. The van der Waals surface area contributed by atoms with Gasteiger partial charge in [0.15, 0.2) is 5.65 Å². The third-order valence-electron chi connectivity index (χ3n) is 12.5. The normalized spacial score (nSPS) is 18.1. The lowest BCUT2D eigenvalue weighted by Crippen LogP contribution is -2.51. The van der Waals surface area contributed by atoms with Crippen LogP contribution in [0.25, 0.3) is 16.9 Å². The maximum absolute atomic E-state index is 13.7. The van der Waals surface area contributed by atoms with E-state index in [1.54, 1.807) is 23.4 Å². The number of morpholine rings is 1. The molecule has 0 atom stereocenters. The summed E-state index contributed by atoms with van der Waals surface area (Å²) in [5.74, 6) is 0.0732. The number of aromatic nitrogens is 5. The summed E-state index contributed by atoms with van der Waals surface area (Å²) in [4.78, 5) is 51.5. The molecule has 0 bridgehead atoms. The van der Waals surface area contributed by atoms with Gasteiger partial charge in [0, 0.05) is 95.4 Å². The molecule has 3 saturated heterocycles. The van der Waals surface area contributed by atoms with E-state index in [0.717, 1.165) is 98.1 Å². The highest BCUT2D eigenvalue weighted by Crippen LogP contribution is 2.35. The average molecular weight is 816 g/mol. The number of amides is 2. The van der Waals surface area contributed by atoms with Crippen LogP contribution in [0.15, 0.2) is 55.0 Å². The number of carbonyl (C=O) groups excluding carboxylic acids is 2. The first kappa shape index (κ1) is 39.6. The van der Waals surface area contributed by atoms with E-state index in [1.807, 2.05) is 30.6 Å². The number of nitrogens with two attached hydrogens (primary N) is 1. The smallest absolute Gasteiger partial charge is 0.258 e. The first-order valence-corrected chi connectivity index (χ1v) is 21.1. The number of imidazole rings is 1. The summed E-state index contributed by atoms with van der Waals surface area (Å²) in [6.07, 6.45) is 7.05. The van der Waals surface area contributed by atoms with E-state index in [4.69, 9.17) is 20.6 Å². The minimum absolute atomic E-state index is 0.00316. The Morgan fingerprint density at radius 3 is 2.28 bits per heavy atom. The van der Waals surface area contributed by atoms with Crippen LogP contribution in [0.1, 0.15) is 70.9 Å². The summed E-state index contributed by atoms with van der Waals surface area (Å²) in [6.45, 7) is 13.8. The summed E-state index contributed by atoms with van der Waals surface area (Å²) in [6, 6.07) is 11.4. The number of piperidine rings is 1. The van der Waals surface area contributed by atoms with Gasteiger partial charge in [0.25, 0.3) is 5.91 Å². The summed E-state index contributed by atoms with van der Waals surface area (Å²) < 4.78 is 7.48. The SMILES string of the molecule is CC(C)c1cc(C(=O)N2Cc3ccc(CN4CCC(C(=O)N5CCN(Cc6cn7nc(-c8cnc(N)nc8)cc(N8CCOCC8)c7n6)CC5)CC4)cc3C2)c(O)cc1O. The first-order valence-electron chi connectivity index (χ1n) is 21.1. The Hall–Kier alpha value is -5.84. The van der Waals surface area contributed by atoms with Crippen LogP contribution in [0.3, 0.4) is 0 Å². The fraction of sp³-hybridized carbons (Fsp3) is 0.455. The van der Waals surface area contributed by atoms with Crippen molar-refractivity contribution in [1.29, 1.82) is 0 Å². The van der Waals surface area contributed by atoms with Crippen molar-refractivity contribution in [3.8, 4) is 22.8 Å². The second-order valence-electron chi connectivity index (χ2n) is 16.8. The number of anilines is 2. The molecule has 0 saturated carbocycles. The molecule has 4 aliphatic heterocycles. The molecule has 16 nitrogen and oxygen atoms in total. The van der Waals surface area contributed by atoms with Gasteiger partial charge in [-0.1, -0.05) is 32.0 Å². The molecule has 4 aliphatic rings. The third-order valence-corrected chi connectivity index (χ3v) is 12.5. The van der Waals surface area contributed by atoms with Gasteiger partial charge >= 0.3 is 0 Å². The van der Waals surface area contributed by atoms with Gasteiger partial charge in [-0.3, -0.25) is 19.4 Å². The summed E-state index contributed by atoms with van der Waals surface area (Å²) in [5, 5.41) is 25.6. The van der Waals surface area contributed by atoms with E-state index >= 15 is 0 Å². The molecular weight excluding hydrogens is 763 g/mol. The van der Waals surface area contributed by atoms with E-state index in [1.165, 1.54) is 11.6 Å². The topological polar surface area (TPSA) is 182 Å². The minimum Gasteiger partial charge on any atom is -0.508 e. The number of likely N-dealkylation sites (tertiary alicyclic amines) is 1. The van der Waals surface area contributed by atoms with Gasteiger partial charge in [0.05, 0.1) is 42.0 Å². The van der Waals surface area contributed by atoms with Gasteiger partial charge < -0.3 is 35.4 Å². The third kappa shape index (κ3) is 8.18. The Kier molecular flexibility index (Phi) is 11.0. The molecule has 3 fully saturated rings. The number of ether oxygens (including phenoxy) is 1. The number of rotatable bonds is 9. The highest BCUT2D eigenvalue weighted by Gasteiger charge is 2.32. The molecule has 60 heavy (non-hydrogen) atoms.